The number of nitrogens with one attached hydrogen (secondary N) is 1. The quantitative estimate of drug-likeness (QED) is 0.941. The molecule has 5 nitrogen and oxygen atoms in total. The molecule has 1 N–H and O–H groups in total. The fourth-order valence-corrected chi connectivity index (χ4v) is 2.94. The summed E-state index contributed by atoms with van der Waals surface area (Å²) in [5.41, 5.74) is 3.95. The lowest BCUT2D eigenvalue weighted by atomic mass is 9.93. The van der Waals surface area contributed by atoms with Crippen LogP contribution in [-0.2, 0) is 22.7 Å². The van der Waals surface area contributed by atoms with E-state index >= 15 is 0 Å². The summed E-state index contributed by atoms with van der Waals surface area (Å²) in [6.07, 6.45) is 1.70. The van der Waals surface area contributed by atoms with E-state index in [4.69, 9.17) is 0 Å². The first-order valence-corrected chi connectivity index (χ1v) is 8.07. The van der Waals surface area contributed by atoms with Gasteiger partial charge in [-0.15, -0.1) is 0 Å². The normalized spacial score (nSPS) is 16.4. The van der Waals surface area contributed by atoms with Gasteiger partial charge >= 0.3 is 0 Å². The molecular weight excluding hydrogens is 302 g/mol. The monoisotopic (exact) mass is 323 g/mol. The van der Waals surface area contributed by atoms with Crippen LogP contribution in [0.1, 0.15) is 35.2 Å². The molecule has 3 rings (SSSR count). The van der Waals surface area contributed by atoms with Crippen molar-refractivity contribution in [3.05, 3.63) is 65.0 Å². The number of aryl methyl sites for hydroxylation is 1. The maximum absolute atomic E-state index is 12.7. The summed E-state index contributed by atoms with van der Waals surface area (Å²) in [5.74, 6) is -0.549. The molecule has 1 aromatic heterocycles. The SMILES string of the molecule is CC(=O)N1Cc2cccnc2C(C(=O)NCc2ccc(C)cc2)C1. The number of carbonyl (C=O) groups excluding carboxylic acids is 2. The summed E-state index contributed by atoms with van der Waals surface area (Å²) in [7, 11) is 0. The molecule has 0 aliphatic carbocycles. The second-order valence-electron chi connectivity index (χ2n) is 6.20. The topological polar surface area (TPSA) is 62.3 Å². The number of benzene rings is 1. The van der Waals surface area contributed by atoms with Crippen molar-refractivity contribution >= 4 is 11.8 Å². The van der Waals surface area contributed by atoms with Gasteiger partial charge in [-0.1, -0.05) is 35.9 Å². The summed E-state index contributed by atoms with van der Waals surface area (Å²) < 4.78 is 0. The first kappa shape index (κ1) is 16.2. The molecule has 2 heterocycles. The largest absolute Gasteiger partial charge is 0.351 e. The molecule has 0 radical (unpaired) electrons. The number of nitrogens with zero attached hydrogens (tertiary/aromatic N) is 2. The Morgan fingerprint density at radius 1 is 1.25 bits per heavy atom. The van der Waals surface area contributed by atoms with Gasteiger partial charge in [-0.05, 0) is 24.1 Å². The van der Waals surface area contributed by atoms with E-state index < -0.39 is 5.92 Å². The van der Waals surface area contributed by atoms with Gasteiger partial charge in [0, 0.05) is 32.8 Å². The van der Waals surface area contributed by atoms with Crippen molar-refractivity contribution in [2.45, 2.75) is 32.9 Å². The molecule has 2 amide bonds. The first-order chi connectivity index (χ1) is 11.5. The van der Waals surface area contributed by atoms with E-state index in [0.717, 1.165) is 16.8 Å². The highest BCUT2D eigenvalue weighted by atomic mass is 16.2. The van der Waals surface area contributed by atoms with Gasteiger partial charge in [0.15, 0.2) is 0 Å². The second-order valence-corrected chi connectivity index (χ2v) is 6.20. The highest BCUT2D eigenvalue weighted by Gasteiger charge is 2.32. The maximum atomic E-state index is 12.7. The second kappa shape index (κ2) is 6.83. The Bertz CT molecular complexity index is 755. The van der Waals surface area contributed by atoms with Gasteiger partial charge in [0.1, 0.15) is 0 Å². The summed E-state index contributed by atoms with van der Waals surface area (Å²) in [6.45, 7) is 4.92. The third kappa shape index (κ3) is 3.45. The maximum Gasteiger partial charge on any atom is 0.231 e. The van der Waals surface area contributed by atoms with Crippen molar-refractivity contribution in [3.63, 3.8) is 0 Å². The standard InChI is InChI=1S/C19H21N3O2/c1-13-5-7-15(8-6-13)10-21-19(24)17-12-22(14(2)23)11-16-4-3-9-20-18(16)17/h3-9,17H,10-12H2,1-2H3,(H,21,24). The number of amides is 2. The van der Waals surface area contributed by atoms with Crippen LogP contribution in [0, 0.1) is 6.92 Å². The average Bonchev–Trinajstić information content (AvgIpc) is 2.60. The number of rotatable bonds is 3. The fraction of sp³-hybridized carbons (Fsp3) is 0.316. The van der Waals surface area contributed by atoms with Gasteiger partial charge in [-0.25, -0.2) is 0 Å². The Hall–Kier alpha value is -2.69. The van der Waals surface area contributed by atoms with E-state index in [1.807, 2.05) is 43.3 Å². The molecule has 1 aliphatic heterocycles. The Labute approximate surface area is 141 Å². The van der Waals surface area contributed by atoms with Gasteiger partial charge < -0.3 is 10.2 Å². The minimum Gasteiger partial charge on any atom is -0.351 e. The van der Waals surface area contributed by atoms with Crippen LogP contribution in [0.3, 0.4) is 0 Å². The molecule has 0 saturated heterocycles. The summed E-state index contributed by atoms with van der Waals surface area (Å²) in [6, 6.07) is 11.8. The Balaban J connectivity index is 1.75. The molecule has 1 aliphatic rings. The van der Waals surface area contributed by atoms with Crippen LogP contribution >= 0.6 is 0 Å². The molecule has 0 spiro atoms. The molecule has 1 aromatic carbocycles. The highest BCUT2D eigenvalue weighted by molar-refractivity contribution is 5.85. The molecule has 5 heteroatoms. The molecule has 1 atom stereocenters. The van der Waals surface area contributed by atoms with Crippen LogP contribution in [0.5, 0.6) is 0 Å². The van der Waals surface area contributed by atoms with E-state index in [9.17, 15) is 9.59 Å². The van der Waals surface area contributed by atoms with Gasteiger partial charge in [0.05, 0.1) is 11.6 Å². The van der Waals surface area contributed by atoms with Crippen molar-refractivity contribution in [1.29, 1.82) is 0 Å². The minimum absolute atomic E-state index is 0.0270. The van der Waals surface area contributed by atoms with Crippen molar-refractivity contribution in [2.24, 2.45) is 0 Å². The average molecular weight is 323 g/mol. The Kier molecular flexibility index (Phi) is 4.60. The Morgan fingerprint density at radius 2 is 2.00 bits per heavy atom. The molecule has 0 bridgehead atoms. The van der Waals surface area contributed by atoms with Gasteiger partial charge in [0.2, 0.25) is 11.8 Å². The summed E-state index contributed by atoms with van der Waals surface area (Å²) in [4.78, 5) is 30.5. The molecule has 124 valence electrons. The van der Waals surface area contributed by atoms with Gasteiger partial charge in [-0.3, -0.25) is 14.6 Å². The lowest BCUT2D eigenvalue weighted by Crippen LogP contribution is -2.43. The van der Waals surface area contributed by atoms with E-state index in [-0.39, 0.29) is 11.8 Å². The molecule has 0 fully saturated rings. The van der Waals surface area contributed by atoms with Crippen LogP contribution in [-0.4, -0.2) is 28.2 Å². The van der Waals surface area contributed by atoms with Gasteiger partial charge in [-0.2, -0.15) is 0 Å². The van der Waals surface area contributed by atoms with Crippen LogP contribution < -0.4 is 5.32 Å². The van der Waals surface area contributed by atoms with Crippen molar-refractivity contribution in [3.8, 4) is 0 Å². The predicted octanol–water partition coefficient (Wildman–Crippen LogP) is 2.15. The van der Waals surface area contributed by atoms with Crippen LogP contribution in [0.25, 0.3) is 0 Å². The van der Waals surface area contributed by atoms with Crippen molar-refractivity contribution in [1.82, 2.24) is 15.2 Å². The zero-order valence-corrected chi connectivity index (χ0v) is 14.0. The number of hydrogen-bond acceptors (Lipinski definition) is 3. The third-order valence-electron chi connectivity index (χ3n) is 4.37. The number of carbonyl (C=O) groups is 2. The lowest BCUT2D eigenvalue weighted by molar-refractivity contribution is -0.131. The first-order valence-electron chi connectivity index (χ1n) is 8.07. The van der Waals surface area contributed by atoms with E-state index in [1.54, 1.807) is 11.1 Å². The Morgan fingerprint density at radius 3 is 2.71 bits per heavy atom. The third-order valence-corrected chi connectivity index (χ3v) is 4.37. The predicted molar refractivity (Wildman–Crippen MR) is 91.1 cm³/mol. The van der Waals surface area contributed by atoms with Crippen LogP contribution in [0.4, 0.5) is 0 Å². The van der Waals surface area contributed by atoms with E-state index in [1.165, 1.54) is 12.5 Å². The minimum atomic E-state index is -0.427. The molecule has 24 heavy (non-hydrogen) atoms. The molecule has 1 unspecified atom stereocenters. The summed E-state index contributed by atoms with van der Waals surface area (Å²) >= 11 is 0. The number of pyridine rings is 1. The van der Waals surface area contributed by atoms with Crippen molar-refractivity contribution in [2.75, 3.05) is 6.54 Å². The number of fused-ring (bicyclic) bond motifs is 1. The van der Waals surface area contributed by atoms with Crippen LogP contribution in [0.2, 0.25) is 0 Å². The summed E-state index contributed by atoms with van der Waals surface area (Å²) in [5, 5.41) is 2.97. The number of hydrogen-bond donors (Lipinski definition) is 1. The van der Waals surface area contributed by atoms with Crippen molar-refractivity contribution < 1.29 is 9.59 Å². The smallest absolute Gasteiger partial charge is 0.231 e. The molecule has 0 saturated carbocycles. The van der Waals surface area contributed by atoms with Gasteiger partial charge in [0.25, 0.3) is 0 Å². The fourth-order valence-electron chi connectivity index (χ4n) is 2.94. The molecular formula is C19H21N3O2. The zero-order chi connectivity index (χ0) is 17.1. The number of aromatic nitrogens is 1. The van der Waals surface area contributed by atoms with E-state index in [0.29, 0.717) is 19.6 Å². The van der Waals surface area contributed by atoms with Crippen LogP contribution in [0.15, 0.2) is 42.6 Å². The molecule has 2 aromatic rings. The lowest BCUT2D eigenvalue weighted by Gasteiger charge is -2.32. The zero-order valence-electron chi connectivity index (χ0n) is 14.0. The highest BCUT2D eigenvalue weighted by Crippen LogP contribution is 2.26. The van der Waals surface area contributed by atoms with E-state index in [2.05, 4.69) is 10.3 Å².